The number of hydrogen-bond donors (Lipinski definition) is 1. The van der Waals surface area contributed by atoms with Crippen LogP contribution in [0.4, 0.5) is 0 Å². The van der Waals surface area contributed by atoms with Gasteiger partial charge in [-0.05, 0) is 25.0 Å². The van der Waals surface area contributed by atoms with Gasteiger partial charge in [0.05, 0.1) is 27.8 Å². The van der Waals surface area contributed by atoms with Crippen molar-refractivity contribution in [3.63, 3.8) is 0 Å². The lowest BCUT2D eigenvalue weighted by molar-refractivity contribution is 0.0773. The van der Waals surface area contributed by atoms with Crippen molar-refractivity contribution in [2.75, 3.05) is 31.1 Å². The third-order valence-corrected chi connectivity index (χ3v) is 6.13. The van der Waals surface area contributed by atoms with Crippen molar-refractivity contribution in [1.29, 1.82) is 0 Å². The first kappa shape index (κ1) is 16.0. The van der Waals surface area contributed by atoms with E-state index in [-0.39, 0.29) is 30.5 Å². The van der Waals surface area contributed by atoms with Crippen LogP contribution in [0, 0.1) is 18.8 Å². The second-order valence-electron chi connectivity index (χ2n) is 4.93. The predicted molar refractivity (Wildman–Crippen MR) is 84.2 cm³/mol. The van der Waals surface area contributed by atoms with Gasteiger partial charge in [-0.2, -0.15) is 0 Å². The van der Waals surface area contributed by atoms with Crippen molar-refractivity contribution in [3.05, 3.63) is 21.4 Å². The number of amides is 1. The fourth-order valence-electron chi connectivity index (χ4n) is 2.14. The zero-order valence-corrected chi connectivity index (χ0v) is 13.5. The van der Waals surface area contributed by atoms with Crippen LogP contribution in [0.2, 0.25) is 0 Å². The van der Waals surface area contributed by atoms with Gasteiger partial charge in [0.1, 0.15) is 0 Å². The lowest BCUT2D eigenvalue weighted by Gasteiger charge is -2.18. The Morgan fingerprint density at radius 3 is 2.90 bits per heavy atom. The maximum atomic E-state index is 12.5. The standard InChI is InChI=1S/C14H18N2O3S2/c1-11-10-13(20-12(11)4-2-5-15)14(17)16-6-3-8-21(18,19)9-7-16/h10H,3,5-9,15H2,1H3. The minimum atomic E-state index is -3.01. The van der Waals surface area contributed by atoms with Crippen LogP contribution < -0.4 is 5.73 Å². The predicted octanol–water partition coefficient (Wildman–Crippen LogP) is 0.627. The number of hydrogen-bond acceptors (Lipinski definition) is 5. The molecule has 5 nitrogen and oxygen atoms in total. The van der Waals surface area contributed by atoms with E-state index < -0.39 is 9.84 Å². The van der Waals surface area contributed by atoms with E-state index in [0.717, 1.165) is 10.4 Å². The number of carbonyl (C=O) groups excluding carboxylic acids is 1. The molecule has 0 aliphatic carbocycles. The van der Waals surface area contributed by atoms with Gasteiger partial charge < -0.3 is 10.6 Å². The molecule has 0 atom stereocenters. The van der Waals surface area contributed by atoms with Crippen LogP contribution in [0.3, 0.4) is 0 Å². The van der Waals surface area contributed by atoms with E-state index in [1.807, 2.05) is 13.0 Å². The van der Waals surface area contributed by atoms with Crippen LogP contribution >= 0.6 is 11.3 Å². The molecular weight excluding hydrogens is 308 g/mol. The molecule has 0 unspecified atom stereocenters. The van der Waals surface area contributed by atoms with Crippen LogP contribution in [0.1, 0.15) is 26.5 Å². The molecule has 0 bridgehead atoms. The van der Waals surface area contributed by atoms with E-state index in [1.54, 1.807) is 4.90 Å². The van der Waals surface area contributed by atoms with Crippen molar-refractivity contribution in [2.45, 2.75) is 13.3 Å². The summed E-state index contributed by atoms with van der Waals surface area (Å²) in [5.41, 5.74) is 6.30. The summed E-state index contributed by atoms with van der Waals surface area (Å²) in [6.45, 7) is 2.94. The molecular formula is C14H18N2O3S2. The summed E-state index contributed by atoms with van der Waals surface area (Å²) in [5.74, 6) is 5.83. The van der Waals surface area contributed by atoms with Gasteiger partial charge in [0.2, 0.25) is 0 Å². The third kappa shape index (κ3) is 4.06. The quantitative estimate of drug-likeness (QED) is 0.768. The van der Waals surface area contributed by atoms with Crippen LogP contribution in [-0.4, -0.2) is 50.4 Å². The van der Waals surface area contributed by atoms with E-state index in [2.05, 4.69) is 11.8 Å². The lowest BCUT2D eigenvalue weighted by Crippen LogP contribution is -2.33. The van der Waals surface area contributed by atoms with Crippen LogP contribution in [0.15, 0.2) is 6.07 Å². The average molecular weight is 326 g/mol. The Kier molecular flexibility index (Phi) is 5.04. The zero-order valence-electron chi connectivity index (χ0n) is 11.9. The Bertz CT molecular complexity index is 696. The minimum Gasteiger partial charge on any atom is -0.337 e. The highest BCUT2D eigenvalue weighted by Crippen LogP contribution is 2.23. The van der Waals surface area contributed by atoms with Crippen LogP contribution in [0.5, 0.6) is 0 Å². The maximum Gasteiger partial charge on any atom is 0.264 e. The normalized spacial score (nSPS) is 17.7. The van der Waals surface area contributed by atoms with Crippen molar-refractivity contribution in [2.24, 2.45) is 5.73 Å². The summed E-state index contributed by atoms with van der Waals surface area (Å²) in [7, 11) is -3.01. The Hall–Kier alpha value is -1.36. The topological polar surface area (TPSA) is 80.5 Å². The van der Waals surface area contributed by atoms with Gasteiger partial charge in [0, 0.05) is 13.1 Å². The second-order valence-corrected chi connectivity index (χ2v) is 8.28. The van der Waals surface area contributed by atoms with Gasteiger partial charge in [-0.25, -0.2) is 8.42 Å². The average Bonchev–Trinajstić information content (AvgIpc) is 2.70. The number of nitrogens with zero attached hydrogens (tertiary/aromatic N) is 1. The molecule has 1 aliphatic rings. The summed E-state index contributed by atoms with van der Waals surface area (Å²) in [6.07, 6.45) is 0.498. The molecule has 0 aromatic carbocycles. The number of aryl methyl sites for hydroxylation is 1. The van der Waals surface area contributed by atoms with Gasteiger partial charge in [-0.3, -0.25) is 4.79 Å². The van der Waals surface area contributed by atoms with Crippen molar-refractivity contribution in [1.82, 2.24) is 4.90 Å². The summed E-state index contributed by atoms with van der Waals surface area (Å²) < 4.78 is 23.2. The Labute approximate surface area is 129 Å². The molecule has 1 fully saturated rings. The van der Waals surface area contributed by atoms with E-state index in [9.17, 15) is 13.2 Å². The summed E-state index contributed by atoms with van der Waals surface area (Å²) in [4.78, 5) is 15.5. The fraction of sp³-hybridized carbons (Fsp3) is 0.500. The number of nitrogens with two attached hydrogens (primary N) is 1. The molecule has 114 valence electrons. The molecule has 0 spiro atoms. The maximum absolute atomic E-state index is 12.5. The summed E-state index contributed by atoms with van der Waals surface area (Å²) in [6, 6.07) is 1.81. The molecule has 0 saturated carbocycles. The summed E-state index contributed by atoms with van der Waals surface area (Å²) >= 11 is 1.34. The minimum absolute atomic E-state index is 0.0446. The monoisotopic (exact) mass is 326 g/mol. The molecule has 1 amide bonds. The molecule has 1 aromatic heterocycles. The van der Waals surface area contributed by atoms with Crippen molar-refractivity contribution in [3.8, 4) is 11.8 Å². The zero-order chi connectivity index (χ0) is 15.5. The summed E-state index contributed by atoms with van der Waals surface area (Å²) in [5, 5.41) is 0. The first-order chi connectivity index (χ1) is 9.93. The van der Waals surface area contributed by atoms with Gasteiger partial charge >= 0.3 is 0 Å². The highest BCUT2D eigenvalue weighted by molar-refractivity contribution is 7.91. The first-order valence-corrected chi connectivity index (χ1v) is 9.36. The van der Waals surface area contributed by atoms with E-state index in [1.165, 1.54) is 11.3 Å². The highest BCUT2D eigenvalue weighted by Gasteiger charge is 2.24. The molecule has 7 heteroatoms. The SMILES string of the molecule is Cc1cc(C(=O)N2CCCS(=O)(=O)CC2)sc1C#CCN. The molecule has 1 aliphatic heterocycles. The Morgan fingerprint density at radius 2 is 2.19 bits per heavy atom. The van der Waals surface area contributed by atoms with Crippen LogP contribution in [0.25, 0.3) is 0 Å². The van der Waals surface area contributed by atoms with E-state index >= 15 is 0 Å². The molecule has 2 heterocycles. The smallest absolute Gasteiger partial charge is 0.264 e. The molecule has 0 radical (unpaired) electrons. The molecule has 1 saturated heterocycles. The lowest BCUT2D eigenvalue weighted by atomic mass is 10.2. The molecule has 21 heavy (non-hydrogen) atoms. The number of rotatable bonds is 1. The Balaban J connectivity index is 2.16. The van der Waals surface area contributed by atoms with Crippen LogP contribution in [-0.2, 0) is 9.84 Å². The van der Waals surface area contributed by atoms with Crippen molar-refractivity contribution < 1.29 is 13.2 Å². The molecule has 1 aromatic rings. The third-order valence-electron chi connectivity index (χ3n) is 3.28. The van der Waals surface area contributed by atoms with Gasteiger partial charge in [-0.15, -0.1) is 11.3 Å². The number of sulfone groups is 1. The molecule has 2 rings (SSSR count). The largest absolute Gasteiger partial charge is 0.337 e. The van der Waals surface area contributed by atoms with E-state index in [4.69, 9.17) is 5.73 Å². The van der Waals surface area contributed by atoms with Gasteiger partial charge in [-0.1, -0.05) is 11.8 Å². The van der Waals surface area contributed by atoms with Gasteiger partial charge in [0.25, 0.3) is 5.91 Å². The van der Waals surface area contributed by atoms with Crippen molar-refractivity contribution >= 4 is 27.1 Å². The Morgan fingerprint density at radius 1 is 1.43 bits per heavy atom. The molecule has 2 N–H and O–H groups in total. The number of thiophene rings is 1. The number of carbonyl (C=O) groups is 1. The first-order valence-electron chi connectivity index (χ1n) is 6.72. The van der Waals surface area contributed by atoms with E-state index in [0.29, 0.717) is 17.8 Å². The van der Waals surface area contributed by atoms with Gasteiger partial charge in [0.15, 0.2) is 9.84 Å². The second kappa shape index (κ2) is 6.60. The fourth-order valence-corrected chi connectivity index (χ4v) is 4.43. The highest BCUT2D eigenvalue weighted by atomic mass is 32.2.